The molecule has 0 unspecified atom stereocenters. The summed E-state index contributed by atoms with van der Waals surface area (Å²) in [5.41, 5.74) is 0.914. The van der Waals surface area contributed by atoms with Crippen LogP contribution in [0.4, 0.5) is 0 Å². The minimum Gasteiger partial charge on any atom is -0.454 e. The Labute approximate surface area is 91.7 Å². The molecule has 0 saturated carbocycles. The Bertz CT molecular complexity index is 378. The summed E-state index contributed by atoms with van der Waals surface area (Å²) in [4.78, 5) is 10.4. The lowest BCUT2D eigenvalue weighted by molar-refractivity contribution is -0.116. The zero-order valence-corrected chi connectivity index (χ0v) is 8.62. The fraction of sp³-hybridized carbons (Fsp3) is 0.300. The largest absolute Gasteiger partial charge is 0.454 e. The minimum atomic E-state index is -0.504. The van der Waals surface area contributed by atoms with E-state index in [4.69, 9.17) is 25.8 Å². The van der Waals surface area contributed by atoms with Gasteiger partial charge in [0, 0.05) is 0 Å². The molecule has 4 nitrogen and oxygen atoms in total. The molecular weight excluding hydrogens is 220 g/mol. The fourth-order valence-corrected chi connectivity index (χ4v) is 1.36. The van der Waals surface area contributed by atoms with Crippen molar-refractivity contribution < 1.29 is 19.0 Å². The number of hydrogen-bond acceptors (Lipinski definition) is 4. The number of ether oxygens (including phenoxy) is 3. The first-order chi connectivity index (χ1) is 7.25. The summed E-state index contributed by atoms with van der Waals surface area (Å²) < 4.78 is 15.4. The van der Waals surface area contributed by atoms with Gasteiger partial charge in [0.25, 0.3) is 0 Å². The van der Waals surface area contributed by atoms with Crippen molar-refractivity contribution in [2.45, 2.75) is 6.61 Å². The zero-order chi connectivity index (χ0) is 10.7. The summed E-state index contributed by atoms with van der Waals surface area (Å²) in [6.45, 7) is 0.491. The van der Waals surface area contributed by atoms with Crippen LogP contribution in [0, 0.1) is 0 Å². The second-order valence-corrected chi connectivity index (χ2v) is 3.46. The molecule has 1 heterocycles. The lowest BCUT2D eigenvalue weighted by atomic mass is 10.2. The van der Waals surface area contributed by atoms with Gasteiger partial charge in [0.2, 0.25) is 12.0 Å². The van der Waals surface area contributed by atoms with Gasteiger partial charge >= 0.3 is 0 Å². The Morgan fingerprint density at radius 3 is 3.00 bits per heavy atom. The molecule has 0 amide bonds. The number of rotatable bonds is 4. The van der Waals surface area contributed by atoms with Gasteiger partial charge in [-0.05, 0) is 29.3 Å². The third-order valence-corrected chi connectivity index (χ3v) is 2.03. The summed E-state index contributed by atoms with van der Waals surface area (Å²) in [5, 5.41) is -0.504. The van der Waals surface area contributed by atoms with Gasteiger partial charge in [-0.1, -0.05) is 6.07 Å². The van der Waals surface area contributed by atoms with E-state index in [0.717, 1.165) is 11.3 Å². The molecular formula is C10H9ClO4. The Hall–Kier alpha value is -1.26. The van der Waals surface area contributed by atoms with E-state index in [1.54, 1.807) is 0 Å². The van der Waals surface area contributed by atoms with E-state index >= 15 is 0 Å². The van der Waals surface area contributed by atoms with E-state index in [1.807, 2.05) is 18.2 Å². The van der Waals surface area contributed by atoms with E-state index in [9.17, 15) is 4.79 Å². The van der Waals surface area contributed by atoms with Gasteiger partial charge < -0.3 is 14.2 Å². The predicted molar refractivity (Wildman–Crippen MR) is 53.1 cm³/mol. The normalized spacial score (nSPS) is 12.9. The number of halogens is 1. The van der Waals surface area contributed by atoms with Crippen molar-refractivity contribution >= 4 is 16.8 Å². The van der Waals surface area contributed by atoms with Gasteiger partial charge in [-0.15, -0.1) is 0 Å². The molecule has 1 aromatic rings. The summed E-state index contributed by atoms with van der Waals surface area (Å²) in [5.74, 6) is 1.43. The maximum atomic E-state index is 10.4. The van der Waals surface area contributed by atoms with Crippen LogP contribution >= 0.6 is 11.6 Å². The zero-order valence-electron chi connectivity index (χ0n) is 7.86. The Balaban J connectivity index is 1.95. The molecule has 0 N–H and O–H groups in total. The summed E-state index contributed by atoms with van der Waals surface area (Å²) >= 11 is 5.13. The monoisotopic (exact) mass is 228 g/mol. The van der Waals surface area contributed by atoms with E-state index in [1.165, 1.54) is 0 Å². The topological polar surface area (TPSA) is 44.8 Å². The molecule has 1 aromatic carbocycles. The van der Waals surface area contributed by atoms with Crippen molar-refractivity contribution in [3.63, 3.8) is 0 Å². The highest BCUT2D eigenvalue weighted by Crippen LogP contribution is 2.32. The minimum absolute atomic E-state index is 0.0873. The van der Waals surface area contributed by atoms with Crippen molar-refractivity contribution in [1.82, 2.24) is 0 Å². The lowest BCUT2D eigenvalue weighted by Gasteiger charge is -2.02. The van der Waals surface area contributed by atoms with E-state index < -0.39 is 5.24 Å². The van der Waals surface area contributed by atoms with Crippen molar-refractivity contribution in [3.05, 3.63) is 23.8 Å². The molecule has 80 valence electrons. The third kappa shape index (κ3) is 2.61. The number of carbonyl (C=O) groups excluding carboxylic acids is 1. The molecule has 0 saturated heterocycles. The van der Waals surface area contributed by atoms with Gasteiger partial charge in [0.05, 0.1) is 6.61 Å². The third-order valence-electron chi connectivity index (χ3n) is 1.92. The lowest BCUT2D eigenvalue weighted by Crippen LogP contribution is -2.01. The average Bonchev–Trinajstić information content (AvgIpc) is 2.64. The fourth-order valence-electron chi connectivity index (χ4n) is 1.28. The molecule has 0 bridgehead atoms. The van der Waals surface area contributed by atoms with Crippen molar-refractivity contribution in [2.24, 2.45) is 0 Å². The van der Waals surface area contributed by atoms with Crippen LogP contribution < -0.4 is 9.47 Å². The van der Waals surface area contributed by atoms with Crippen LogP contribution in [0.2, 0.25) is 0 Å². The van der Waals surface area contributed by atoms with Gasteiger partial charge in [-0.25, -0.2) is 0 Å². The summed E-state index contributed by atoms with van der Waals surface area (Å²) in [6.07, 6.45) is 0. The Kier molecular flexibility index (Phi) is 3.08. The van der Waals surface area contributed by atoms with Gasteiger partial charge in [-0.2, -0.15) is 0 Å². The molecule has 0 aliphatic carbocycles. The van der Waals surface area contributed by atoms with Crippen molar-refractivity contribution in [2.75, 3.05) is 13.4 Å². The molecule has 15 heavy (non-hydrogen) atoms. The number of carbonyl (C=O) groups is 1. The molecule has 0 radical (unpaired) electrons. The standard InChI is InChI=1S/C10H9ClO4/c11-10(12)5-13-4-7-1-2-8-9(3-7)15-6-14-8/h1-3H,4-6H2. The van der Waals surface area contributed by atoms with Crippen LogP contribution in [-0.4, -0.2) is 18.6 Å². The molecule has 0 atom stereocenters. The average molecular weight is 229 g/mol. The predicted octanol–water partition coefficient (Wildman–Crippen LogP) is 1.70. The molecule has 0 aromatic heterocycles. The van der Waals surface area contributed by atoms with Crippen molar-refractivity contribution in [1.29, 1.82) is 0 Å². The van der Waals surface area contributed by atoms with Crippen LogP contribution in [-0.2, 0) is 16.1 Å². The maximum absolute atomic E-state index is 10.4. The molecule has 2 rings (SSSR count). The van der Waals surface area contributed by atoms with E-state index in [2.05, 4.69) is 0 Å². The molecule has 0 fully saturated rings. The SMILES string of the molecule is O=C(Cl)COCc1ccc2c(c1)OCO2. The van der Waals surface area contributed by atoms with Gasteiger partial charge in [0.1, 0.15) is 6.61 Å². The maximum Gasteiger partial charge on any atom is 0.247 e. The number of fused-ring (bicyclic) bond motifs is 1. The second kappa shape index (κ2) is 4.51. The molecule has 1 aliphatic heterocycles. The molecule has 1 aliphatic rings. The van der Waals surface area contributed by atoms with Gasteiger partial charge in [0.15, 0.2) is 11.5 Å². The van der Waals surface area contributed by atoms with Crippen LogP contribution in [0.25, 0.3) is 0 Å². The van der Waals surface area contributed by atoms with E-state index in [-0.39, 0.29) is 13.4 Å². The molecule has 5 heteroatoms. The Morgan fingerprint density at radius 2 is 2.20 bits per heavy atom. The second-order valence-electron chi connectivity index (χ2n) is 3.04. The Morgan fingerprint density at radius 1 is 1.40 bits per heavy atom. The van der Waals surface area contributed by atoms with E-state index in [0.29, 0.717) is 12.4 Å². The van der Waals surface area contributed by atoms with Crippen LogP contribution in [0.1, 0.15) is 5.56 Å². The first-order valence-electron chi connectivity index (χ1n) is 4.40. The van der Waals surface area contributed by atoms with Crippen LogP contribution in [0.15, 0.2) is 18.2 Å². The quantitative estimate of drug-likeness (QED) is 0.736. The first-order valence-corrected chi connectivity index (χ1v) is 4.78. The van der Waals surface area contributed by atoms with Crippen LogP contribution in [0.5, 0.6) is 11.5 Å². The summed E-state index contributed by atoms with van der Waals surface area (Å²) in [6, 6.07) is 5.48. The van der Waals surface area contributed by atoms with Gasteiger partial charge in [-0.3, -0.25) is 4.79 Å². The number of hydrogen-bond donors (Lipinski definition) is 0. The highest BCUT2D eigenvalue weighted by Gasteiger charge is 2.13. The first kappa shape index (κ1) is 10.3. The summed E-state index contributed by atoms with van der Waals surface area (Å²) in [7, 11) is 0. The molecule has 0 spiro atoms. The van der Waals surface area contributed by atoms with Crippen molar-refractivity contribution in [3.8, 4) is 11.5 Å². The highest BCUT2D eigenvalue weighted by molar-refractivity contribution is 6.63. The number of benzene rings is 1. The van der Waals surface area contributed by atoms with Crippen LogP contribution in [0.3, 0.4) is 0 Å². The highest BCUT2D eigenvalue weighted by atomic mass is 35.5. The smallest absolute Gasteiger partial charge is 0.247 e.